The number of carboxylic acids is 1. The standard InChI is InChI=1S/C20H27N3O2S/c1-20(2)8-7-16-15(10-20)17(19(24)25)18(26-16)14-6-5-13(23(3)4)9-12(14)11-22-21/h5-6,9,22H,7-8,10-11,21H2,1-4H3,(H,24,25). The predicted octanol–water partition coefficient (Wildman–Crippen LogP) is 3.66. The highest BCUT2D eigenvalue weighted by Crippen LogP contribution is 2.46. The lowest BCUT2D eigenvalue weighted by molar-refractivity contribution is 0.0696. The highest BCUT2D eigenvalue weighted by molar-refractivity contribution is 7.16. The Labute approximate surface area is 158 Å². The molecule has 1 aliphatic rings. The third kappa shape index (κ3) is 3.49. The van der Waals surface area contributed by atoms with Crippen molar-refractivity contribution in [3.63, 3.8) is 0 Å². The Morgan fingerprint density at radius 2 is 2.12 bits per heavy atom. The number of rotatable bonds is 5. The van der Waals surface area contributed by atoms with Crippen molar-refractivity contribution in [2.75, 3.05) is 19.0 Å². The molecule has 6 heteroatoms. The minimum Gasteiger partial charge on any atom is -0.478 e. The molecule has 0 amide bonds. The Bertz CT molecular complexity index is 840. The molecular formula is C20H27N3O2S. The molecule has 0 radical (unpaired) electrons. The number of hydrogen-bond donors (Lipinski definition) is 3. The maximum atomic E-state index is 12.1. The van der Waals surface area contributed by atoms with Crippen LogP contribution in [0.5, 0.6) is 0 Å². The van der Waals surface area contributed by atoms with Gasteiger partial charge in [0.05, 0.1) is 5.56 Å². The van der Waals surface area contributed by atoms with Gasteiger partial charge in [-0.3, -0.25) is 11.3 Å². The minimum absolute atomic E-state index is 0.145. The molecule has 26 heavy (non-hydrogen) atoms. The summed E-state index contributed by atoms with van der Waals surface area (Å²) in [4.78, 5) is 16.3. The molecule has 0 saturated heterocycles. The smallest absolute Gasteiger partial charge is 0.337 e. The van der Waals surface area contributed by atoms with E-state index >= 15 is 0 Å². The van der Waals surface area contributed by atoms with Crippen molar-refractivity contribution < 1.29 is 9.90 Å². The Hall–Kier alpha value is -1.89. The van der Waals surface area contributed by atoms with Crippen LogP contribution in [0.4, 0.5) is 5.69 Å². The first kappa shape index (κ1) is 18.9. The minimum atomic E-state index is -0.835. The van der Waals surface area contributed by atoms with Crippen molar-refractivity contribution in [3.8, 4) is 10.4 Å². The Morgan fingerprint density at radius 3 is 2.73 bits per heavy atom. The van der Waals surface area contributed by atoms with Gasteiger partial charge in [-0.25, -0.2) is 4.79 Å². The molecule has 1 heterocycles. The Kier molecular flexibility index (Phi) is 5.10. The van der Waals surface area contributed by atoms with Gasteiger partial charge in [0, 0.05) is 36.1 Å². The fraction of sp³-hybridized carbons (Fsp3) is 0.450. The average Bonchev–Trinajstić information content (AvgIpc) is 2.92. The quantitative estimate of drug-likeness (QED) is 0.551. The number of aromatic carboxylic acids is 1. The SMILES string of the molecule is CN(C)c1ccc(-c2sc3c(c2C(=O)O)CC(C)(C)CC3)c(CNN)c1. The van der Waals surface area contributed by atoms with E-state index in [0.717, 1.165) is 46.5 Å². The molecule has 3 rings (SSSR count). The van der Waals surface area contributed by atoms with Gasteiger partial charge in [0.15, 0.2) is 0 Å². The van der Waals surface area contributed by atoms with Crippen LogP contribution in [-0.2, 0) is 19.4 Å². The number of fused-ring (bicyclic) bond motifs is 1. The first-order valence-electron chi connectivity index (χ1n) is 8.85. The largest absolute Gasteiger partial charge is 0.478 e. The summed E-state index contributed by atoms with van der Waals surface area (Å²) in [5, 5.41) is 9.96. The zero-order chi connectivity index (χ0) is 19.1. The van der Waals surface area contributed by atoms with E-state index in [4.69, 9.17) is 5.84 Å². The van der Waals surface area contributed by atoms with Gasteiger partial charge in [0.2, 0.25) is 0 Å². The first-order valence-corrected chi connectivity index (χ1v) is 9.67. The van der Waals surface area contributed by atoms with Gasteiger partial charge in [-0.15, -0.1) is 11.3 Å². The van der Waals surface area contributed by atoms with Gasteiger partial charge < -0.3 is 10.0 Å². The van der Waals surface area contributed by atoms with Crippen molar-refractivity contribution in [2.24, 2.45) is 11.3 Å². The molecule has 1 aromatic carbocycles. The van der Waals surface area contributed by atoms with Crippen LogP contribution >= 0.6 is 11.3 Å². The summed E-state index contributed by atoms with van der Waals surface area (Å²) in [7, 11) is 3.98. The molecule has 1 aromatic heterocycles. The molecule has 2 aromatic rings. The number of thiophene rings is 1. The third-order valence-electron chi connectivity index (χ3n) is 5.13. The third-order valence-corrected chi connectivity index (χ3v) is 6.46. The number of hydrogen-bond acceptors (Lipinski definition) is 5. The van der Waals surface area contributed by atoms with E-state index in [1.165, 1.54) is 4.88 Å². The number of hydrazine groups is 1. The zero-order valence-electron chi connectivity index (χ0n) is 15.8. The van der Waals surface area contributed by atoms with Gasteiger partial charge in [-0.1, -0.05) is 19.9 Å². The molecule has 4 N–H and O–H groups in total. The predicted molar refractivity (Wildman–Crippen MR) is 108 cm³/mol. The van der Waals surface area contributed by atoms with Gasteiger partial charge in [-0.2, -0.15) is 0 Å². The summed E-state index contributed by atoms with van der Waals surface area (Å²) in [5.41, 5.74) is 7.41. The molecule has 0 fully saturated rings. The van der Waals surface area contributed by atoms with Crippen LogP contribution < -0.4 is 16.2 Å². The van der Waals surface area contributed by atoms with Crippen molar-refractivity contribution in [2.45, 2.75) is 39.7 Å². The number of carboxylic acid groups (broad SMARTS) is 1. The topological polar surface area (TPSA) is 78.6 Å². The van der Waals surface area contributed by atoms with Crippen LogP contribution in [0.15, 0.2) is 18.2 Å². The van der Waals surface area contributed by atoms with E-state index in [-0.39, 0.29) is 5.41 Å². The van der Waals surface area contributed by atoms with Crippen molar-refractivity contribution >= 4 is 23.0 Å². The van der Waals surface area contributed by atoms with Crippen LogP contribution in [0.3, 0.4) is 0 Å². The van der Waals surface area contributed by atoms with Crippen molar-refractivity contribution in [3.05, 3.63) is 39.8 Å². The normalized spacial score (nSPS) is 15.6. The monoisotopic (exact) mass is 373 g/mol. The van der Waals surface area contributed by atoms with Crippen molar-refractivity contribution in [1.82, 2.24) is 5.43 Å². The molecule has 0 aliphatic heterocycles. The maximum absolute atomic E-state index is 12.1. The maximum Gasteiger partial charge on any atom is 0.337 e. The number of aryl methyl sites for hydroxylation is 1. The molecule has 0 unspecified atom stereocenters. The molecule has 0 saturated carbocycles. The van der Waals surface area contributed by atoms with Gasteiger partial charge in [-0.05, 0) is 53.5 Å². The van der Waals surface area contributed by atoms with Crippen LogP contribution in [0, 0.1) is 5.41 Å². The second-order valence-corrected chi connectivity index (χ2v) is 9.08. The van der Waals surface area contributed by atoms with Crippen LogP contribution in [0.1, 0.15) is 46.6 Å². The Balaban J connectivity index is 2.18. The highest BCUT2D eigenvalue weighted by Gasteiger charge is 2.33. The zero-order valence-corrected chi connectivity index (χ0v) is 16.7. The lowest BCUT2D eigenvalue weighted by atomic mass is 9.76. The van der Waals surface area contributed by atoms with Gasteiger partial charge in [0.25, 0.3) is 0 Å². The summed E-state index contributed by atoms with van der Waals surface area (Å²) >= 11 is 1.64. The second kappa shape index (κ2) is 7.02. The van der Waals surface area contributed by atoms with Gasteiger partial charge >= 0.3 is 5.97 Å². The Morgan fingerprint density at radius 1 is 1.38 bits per heavy atom. The fourth-order valence-electron chi connectivity index (χ4n) is 3.67. The second-order valence-electron chi connectivity index (χ2n) is 7.97. The van der Waals surface area contributed by atoms with E-state index in [2.05, 4.69) is 25.3 Å². The molecule has 1 aliphatic carbocycles. The lowest BCUT2D eigenvalue weighted by Crippen LogP contribution is -2.22. The number of nitrogens with two attached hydrogens (primary N) is 1. The van der Waals surface area contributed by atoms with Gasteiger partial charge in [0.1, 0.15) is 0 Å². The van der Waals surface area contributed by atoms with Crippen LogP contribution in [0.25, 0.3) is 10.4 Å². The van der Waals surface area contributed by atoms with Crippen LogP contribution in [-0.4, -0.2) is 25.2 Å². The number of carbonyl (C=O) groups is 1. The summed E-state index contributed by atoms with van der Waals surface area (Å²) in [6.07, 6.45) is 2.87. The molecule has 5 nitrogen and oxygen atoms in total. The molecular weight excluding hydrogens is 346 g/mol. The lowest BCUT2D eigenvalue weighted by Gasteiger charge is -2.29. The average molecular weight is 374 g/mol. The summed E-state index contributed by atoms with van der Waals surface area (Å²) in [6.45, 7) is 4.92. The fourth-order valence-corrected chi connectivity index (χ4v) is 5.04. The highest BCUT2D eigenvalue weighted by atomic mass is 32.1. The summed E-state index contributed by atoms with van der Waals surface area (Å²) in [6, 6.07) is 6.13. The van der Waals surface area contributed by atoms with E-state index < -0.39 is 5.97 Å². The van der Waals surface area contributed by atoms with E-state index in [9.17, 15) is 9.90 Å². The molecule has 140 valence electrons. The number of nitrogens with zero attached hydrogens (tertiary/aromatic N) is 1. The van der Waals surface area contributed by atoms with E-state index in [1.807, 2.05) is 31.1 Å². The molecule has 0 atom stereocenters. The number of benzene rings is 1. The van der Waals surface area contributed by atoms with E-state index in [0.29, 0.717) is 12.1 Å². The number of anilines is 1. The number of nitrogens with one attached hydrogen (secondary N) is 1. The van der Waals surface area contributed by atoms with Crippen LogP contribution in [0.2, 0.25) is 0 Å². The summed E-state index contributed by atoms with van der Waals surface area (Å²) < 4.78 is 0. The van der Waals surface area contributed by atoms with E-state index in [1.54, 1.807) is 11.3 Å². The molecule has 0 bridgehead atoms. The summed E-state index contributed by atoms with van der Waals surface area (Å²) in [5.74, 6) is 4.75. The van der Waals surface area contributed by atoms with Crippen molar-refractivity contribution in [1.29, 1.82) is 0 Å². The first-order chi connectivity index (χ1) is 12.2. The molecule has 0 spiro atoms.